The Morgan fingerprint density at radius 1 is 1.39 bits per heavy atom. The van der Waals surface area contributed by atoms with Crippen LogP contribution in [-0.2, 0) is 16.4 Å². The van der Waals surface area contributed by atoms with Gasteiger partial charge in [-0.3, -0.25) is 4.21 Å². The summed E-state index contributed by atoms with van der Waals surface area (Å²) in [5.74, 6) is 0. The summed E-state index contributed by atoms with van der Waals surface area (Å²) in [6.07, 6.45) is 2.85. The maximum Gasteiger partial charge on any atom is 0.140 e. The number of pyridine rings is 1. The first kappa shape index (κ1) is 11.8. The smallest absolute Gasteiger partial charge is 0.140 e. The number of nitrogens with zero attached hydrogens (tertiary/aromatic N) is 2. The van der Waals surface area contributed by atoms with Crippen molar-refractivity contribution in [3.63, 3.8) is 0 Å². The Labute approximate surface area is 108 Å². The van der Waals surface area contributed by atoms with E-state index in [4.69, 9.17) is 5.26 Å². The molecule has 94 valence electrons. The fraction of sp³-hybridized carbons (Fsp3) is 0.538. The molecule has 2 atom stereocenters. The van der Waals surface area contributed by atoms with Gasteiger partial charge in [0.1, 0.15) is 17.4 Å². The van der Waals surface area contributed by atoms with Gasteiger partial charge in [-0.15, -0.1) is 0 Å². The highest BCUT2D eigenvalue weighted by molar-refractivity contribution is 7.86. The van der Waals surface area contributed by atoms with E-state index < -0.39 is 16.4 Å². The van der Waals surface area contributed by atoms with Gasteiger partial charge in [0.15, 0.2) is 0 Å². The Hall–Kier alpha value is -1.25. The van der Waals surface area contributed by atoms with E-state index in [1.54, 1.807) is 18.2 Å². The van der Waals surface area contributed by atoms with Crippen molar-refractivity contribution in [1.82, 2.24) is 4.98 Å². The molecule has 5 heteroatoms. The predicted molar refractivity (Wildman–Crippen MR) is 67.0 cm³/mol. The lowest BCUT2D eigenvalue weighted by Crippen LogP contribution is -2.40. The lowest BCUT2D eigenvalue weighted by atomic mass is 9.89. The van der Waals surface area contributed by atoms with Gasteiger partial charge in [-0.25, -0.2) is 4.98 Å². The molecule has 2 bridgehead atoms. The predicted octanol–water partition coefficient (Wildman–Crippen LogP) is 1.21. The Morgan fingerprint density at radius 3 is 2.67 bits per heavy atom. The minimum absolute atomic E-state index is 0.0845. The number of hydrogen-bond acceptors (Lipinski definition) is 4. The first-order valence-corrected chi connectivity index (χ1v) is 7.39. The quantitative estimate of drug-likeness (QED) is 0.825. The zero-order valence-electron chi connectivity index (χ0n) is 9.87. The SMILES string of the molecule is N#Cc1cccc(C2(O)CC3CCC(C2)S3=O)n1. The van der Waals surface area contributed by atoms with Crippen LogP contribution in [0.5, 0.6) is 0 Å². The first-order valence-electron chi connectivity index (χ1n) is 6.12. The van der Waals surface area contributed by atoms with Gasteiger partial charge >= 0.3 is 0 Å². The van der Waals surface area contributed by atoms with E-state index in [1.165, 1.54) is 0 Å². The zero-order chi connectivity index (χ0) is 12.8. The van der Waals surface area contributed by atoms with Crippen LogP contribution in [0, 0.1) is 11.3 Å². The third-order valence-corrected chi connectivity index (χ3v) is 6.06. The summed E-state index contributed by atoms with van der Waals surface area (Å²) in [7, 11) is -0.799. The first-order chi connectivity index (χ1) is 8.62. The Morgan fingerprint density at radius 2 is 2.06 bits per heavy atom. The number of nitriles is 1. The molecule has 3 rings (SSSR count). The molecule has 4 nitrogen and oxygen atoms in total. The average molecular weight is 262 g/mol. The van der Waals surface area contributed by atoms with Gasteiger partial charge < -0.3 is 5.11 Å². The topological polar surface area (TPSA) is 74.0 Å². The number of rotatable bonds is 1. The molecule has 2 unspecified atom stereocenters. The van der Waals surface area contributed by atoms with Crippen LogP contribution in [0.1, 0.15) is 37.1 Å². The second-order valence-electron chi connectivity index (χ2n) is 5.11. The minimum Gasteiger partial charge on any atom is -0.383 e. The van der Waals surface area contributed by atoms with Crippen molar-refractivity contribution in [2.75, 3.05) is 0 Å². The van der Waals surface area contributed by atoms with E-state index in [-0.39, 0.29) is 10.5 Å². The van der Waals surface area contributed by atoms with Gasteiger partial charge in [-0.1, -0.05) is 6.07 Å². The molecule has 2 saturated heterocycles. The molecule has 0 saturated carbocycles. The monoisotopic (exact) mass is 262 g/mol. The van der Waals surface area contributed by atoms with E-state index in [9.17, 15) is 9.32 Å². The van der Waals surface area contributed by atoms with Crippen molar-refractivity contribution in [3.05, 3.63) is 29.6 Å². The Kier molecular flexibility index (Phi) is 2.72. The fourth-order valence-corrected chi connectivity index (χ4v) is 5.21. The maximum absolute atomic E-state index is 12.0. The molecule has 1 aromatic heterocycles. The van der Waals surface area contributed by atoms with Crippen molar-refractivity contribution >= 4 is 10.8 Å². The van der Waals surface area contributed by atoms with Gasteiger partial charge in [0.05, 0.1) is 5.69 Å². The molecule has 2 aliphatic heterocycles. The molecular formula is C13H14N2O2S. The van der Waals surface area contributed by atoms with Gasteiger partial charge in [0.25, 0.3) is 0 Å². The fourth-order valence-electron chi connectivity index (χ4n) is 3.05. The molecule has 0 spiro atoms. The van der Waals surface area contributed by atoms with Gasteiger partial charge in [0, 0.05) is 21.3 Å². The molecular weight excluding hydrogens is 248 g/mol. The van der Waals surface area contributed by atoms with Crippen molar-refractivity contribution in [3.8, 4) is 6.07 Å². The summed E-state index contributed by atoms with van der Waals surface area (Å²) < 4.78 is 12.0. The van der Waals surface area contributed by atoms with E-state index in [0.29, 0.717) is 24.2 Å². The minimum atomic E-state index is -1.01. The molecule has 1 aromatic rings. The molecule has 3 heterocycles. The molecule has 1 N–H and O–H groups in total. The normalized spacial score (nSPS) is 38.3. The largest absolute Gasteiger partial charge is 0.383 e. The molecule has 0 aromatic carbocycles. The molecule has 18 heavy (non-hydrogen) atoms. The highest BCUT2D eigenvalue weighted by Crippen LogP contribution is 2.45. The van der Waals surface area contributed by atoms with Gasteiger partial charge in [-0.05, 0) is 37.8 Å². The second kappa shape index (κ2) is 4.15. The maximum atomic E-state index is 12.0. The van der Waals surface area contributed by atoms with Crippen LogP contribution < -0.4 is 0 Å². The van der Waals surface area contributed by atoms with Crippen molar-refractivity contribution in [1.29, 1.82) is 5.26 Å². The molecule has 0 aliphatic carbocycles. The van der Waals surface area contributed by atoms with Crippen LogP contribution in [0.2, 0.25) is 0 Å². The summed E-state index contributed by atoms with van der Waals surface area (Å²) in [4.78, 5) is 4.20. The molecule has 0 radical (unpaired) electrons. The summed E-state index contributed by atoms with van der Waals surface area (Å²) >= 11 is 0. The van der Waals surface area contributed by atoms with E-state index >= 15 is 0 Å². The van der Waals surface area contributed by atoms with Crippen molar-refractivity contribution < 1.29 is 9.32 Å². The van der Waals surface area contributed by atoms with Crippen LogP contribution in [0.15, 0.2) is 18.2 Å². The van der Waals surface area contributed by atoms with E-state index in [2.05, 4.69) is 4.98 Å². The lowest BCUT2D eigenvalue weighted by Gasteiger charge is -2.35. The van der Waals surface area contributed by atoms with E-state index in [0.717, 1.165) is 12.8 Å². The summed E-state index contributed by atoms with van der Waals surface area (Å²) in [5, 5.41) is 19.8. The van der Waals surface area contributed by atoms with Crippen LogP contribution in [-0.4, -0.2) is 24.8 Å². The van der Waals surface area contributed by atoms with Crippen LogP contribution in [0.4, 0.5) is 0 Å². The lowest BCUT2D eigenvalue weighted by molar-refractivity contribution is 0.0141. The highest BCUT2D eigenvalue weighted by atomic mass is 32.2. The van der Waals surface area contributed by atoms with Gasteiger partial charge in [0.2, 0.25) is 0 Å². The van der Waals surface area contributed by atoms with Crippen LogP contribution in [0.25, 0.3) is 0 Å². The van der Waals surface area contributed by atoms with Crippen LogP contribution >= 0.6 is 0 Å². The molecule has 2 aliphatic rings. The highest BCUT2D eigenvalue weighted by Gasteiger charge is 2.49. The van der Waals surface area contributed by atoms with Gasteiger partial charge in [-0.2, -0.15) is 5.26 Å². The molecule has 2 fully saturated rings. The standard InChI is InChI=1S/C13H14N2O2S/c14-8-9-2-1-3-12(15-9)13(16)6-10-4-5-11(7-13)18(10)17/h1-3,10-11,16H,4-7H2. The zero-order valence-corrected chi connectivity index (χ0v) is 10.7. The number of aromatic nitrogens is 1. The van der Waals surface area contributed by atoms with Crippen molar-refractivity contribution in [2.45, 2.75) is 41.8 Å². The van der Waals surface area contributed by atoms with Crippen molar-refractivity contribution in [2.24, 2.45) is 0 Å². The molecule has 0 amide bonds. The summed E-state index contributed by atoms with van der Waals surface area (Å²) in [5.41, 5.74) is -0.137. The summed E-state index contributed by atoms with van der Waals surface area (Å²) in [6.45, 7) is 0. The number of aliphatic hydroxyl groups is 1. The Bertz CT molecular complexity index is 536. The van der Waals surface area contributed by atoms with E-state index in [1.807, 2.05) is 6.07 Å². The summed E-state index contributed by atoms with van der Waals surface area (Å²) in [6, 6.07) is 7.12. The third kappa shape index (κ3) is 1.76. The number of fused-ring (bicyclic) bond motifs is 2. The second-order valence-corrected chi connectivity index (χ2v) is 7.10. The van der Waals surface area contributed by atoms with Crippen LogP contribution in [0.3, 0.4) is 0 Å². The average Bonchev–Trinajstić information content (AvgIpc) is 2.63. The Balaban J connectivity index is 1.96. The number of hydrogen-bond donors (Lipinski definition) is 1. The third-order valence-electron chi connectivity index (χ3n) is 3.94.